The molecule has 3 nitrogen and oxygen atoms in total. The molecule has 1 aromatic carbocycles. The van der Waals surface area contributed by atoms with Gasteiger partial charge in [0, 0.05) is 30.3 Å². The Hall–Kier alpha value is -1.87. The fourth-order valence-corrected chi connectivity index (χ4v) is 3.49. The van der Waals surface area contributed by atoms with E-state index >= 15 is 0 Å². The fraction of sp³-hybridized carbons (Fsp3) is 0.429. The lowest BCUT2D eigenvalue weighted by Gasteiger charge is -2.23. The van der Waals surface area contributed by atoms with Crippen LogP contribution in [0.5, 0.6) is 0 Å². The summed E-state index contributed by atoms with van der Waals surface area (Å²) in [7, 11) is 0. The predicted octanol–water partition coefficient (Wildman–Crippen LogP) is 4.83. The molecule has 2 atom stereocenters. The van der Waals surface area contributed by atoms with E-state index in [1.807, 2.05) is 12.1 Å². The molecule has 132 valence electrons. The molecule has 4 heteroatoms. The van der Waals surface area contributed by atoms with E-state index < -0.39 is 0 Å². The van der Waals surface area contributed by atoms with E-state index in [1.165, 1.54) is 11.1 Å². The van der Waals surface area contributed by atoms with E-state index in [0.29, 0.717) is 11.4 Å². The second kappa shape index (κ2) is 7.17. The molecule has 0 radical (unpaired) electrons. The zero-order valence-corrected chi connectivity index (χ0v) is 15.8. The van der Waals surface area contributed by atoms with Crippen LogP contribution in [0.2, 0.25) is 5.02 Å². The first-order chi connectivity index (χ1) is 11.8. The highest BCUT2D eigenvalue weighted by atomic mass is 35.5. The molecule has 2 heterocycles. The molecule has 1 aromatic heterocycles. The summed E-state index contributed by atoms with van der Waals surface area (Å²) in [5.41, 5.74) is 3.66. The van der Waals surface area contributed by atoms with Gasteiger partial charge >= 0.3 is 0 Å². The van der Waals surface area contributed by atoms with Crippen LogP contribution in [0.15, 0.2) is 42.6 Å². The van der Waals surface area contributed by atoms with E-state index in [9.17, 15) is 4.79 Å². The lowest BCUT2D eigenvalue weighted by atomic mass is 9.83. The average Bonchev–Trinajstić information content (AvgIpc) is 2.98. The van der Waals surface area contributed by atoms with Crippen molar-refractivity contribution in [1.82, 2.24) is 10.3 Å². The third-order valence-electron chi connectivity index (χ3n) is 4.89. The van der Waals surface area contributed by atoms with Gasteiger partial charge in [-0.2, -0.15) is 0 Å². The first kappa shape index (κ1) is 17.9. The van der Waals surface area contributed by atoms with E-state index in [4.69, 9.17) is 11.6 Å². The Morgan fingerprint density at radius 1 is 1.20 bits per heavy atom. The molecule has 1 amide bonds. The molecule has 2 aromatic rings. The summed E-state index contributed by atoms with van der Waals surface area (Å²) in [6.07, 6.45) is 4.06. The highest BCUT2D eigenvalue weighted by Gasteiger charge is 2.27. The first-order valence-corrected chi connectivity index (χ1v) is 9.22. The number of hydrogen-bond donors (Lipinski definition) is 1. The van der Waals surface area contributed by atoms with Crippen molar-refractivity contribution in [2.75, 3.05) is 0 Å². The Balaban J connectivity index is 1.90. The monoisotopic (exact) mass is 356 g/mol. The highest BCUT2D eigenvalue weighted by molar-refractivity contribution is 6.30. The van der Waals surface area contributed by atoms with Crippen LogP contribution in [-0.2, 0) is 10.2 Å². The minimum Gasteiger partial charge on any atom is -0.353 e. The highest BCUT2D eigenvalue weighted by Crippen LogP contribution is 2.32. The Morgan fingerprint density at radius 2 is 1.92 bits per heavy atom. The van der Waals surface area contributed by atoms with Crippen LogP contribution in [0, 0.1) is 0 Å². The van der Waals surface area contributed by atoms with Crippen LogP contribution in [0.4, 0.5) is 0 Å². The van der Waals surface area contributed by atoms with Crippen molar-refractivity contribution in [3.05, 3.63) is 64.4 Å². The number of hydrogen-bond acceptors (Lipinski definition) is 2. The van der Waals surface area contributed by atoms with Crippen LogP contribution in [0.1, 0.15) is 62.8 Å². The second-order valence-corrected chi connectivity index (χ2v) is 8.30. The van der Waals surface area contributed by atoms with E-state index in [2.05, 4.69) is 55.3 Å². The number of carbonyl (C=O) groups excluding carboxylic acids is 1. The molecule has 1 aliphatic rings. The van der Waals surface area contributed by atoms with Gasteiger partial charge in [0.1, 0.15) is 0 Å². The van der Waals surface area contributed by atoms with Crippen molar-refractivity contribution in [1.29, 1.82) is 0 Å². The van der Waals surface area contributed by atoms with Gasteiger partial charge in [-0.05, 0) is 41.5 Å². The number of amides is 1. The molecule has 1 unspecified atom stereocenters. The average molecular weight is 357 g/mol. The quantitative estimate of drug-likeness (QED) is 0.852. The molecular weight excluding hydrogens is 332 g/mol. The van der Waals surface area contributed by atoms with Gasteiger partial charge in [0.25, 0.3) is 0 Å². The Kier molecular flexibility index (Phi) is 5.14. The van der Waals surface area contributed by atoms with Crippen LogP contribution in [0.3, 0.4) is 0 Å². The predicted molar refractivity (Wildman–Crippen MR) is 102 cm³/mol. The molecule has 0 saturated carbocycles. The molecule has 3 rings (SSSR count). The number of nitrogens with one attached hydrogen (secondary N) is 1. The van der Waals surface area contributed by atoms with Gasteiger partial charge in [-0.1, -0.05) is 56.6 Å². The number of carbonyl (C=O) groups is 1. The molecule has 1 fully saturated rings. The lowest BCUT2D eigenvalue weighted by Crippen LogP contribution is -2.27. The molecule has 0 spiro atoms. The summed E-state index contributed by atoms with van der Waals surface area (Å²) in [5.74, 6) is 0.297. The molecule has 0 bridgehead atoms. The molecular formula is C21H25ClN2O. The van der Waals surface area contributed by atoms with Crippen molar-refractivity contribution in [3.8, 4) is 0 Å². The van der Waals surface area contributed by atoms with E-state index in [1.54, 1.807) is 6.20 Å². The van der Waals surface area contributed by atoms with Crippen LogP contribution >= 0.6 is 11.6 Å². The van der Waals surface area contributed by atoms with Crippen molar-refractivity contribution < 1.29 is 4.79 Å². The largest absolute Gasteiger partial charge is 0.353 e. The minimum absolute atomic E-state index is 0.131. The van der Waals surface area contributed by atoms with Crippen LogP contribution in [-0.4, -0.2) is 16.9 Å². The van der Waals surface area contributed by atoms with Crippen molar-refractivity contribution in [2.45, 2.75) is 57.4 Å². The topological polar surface area (TPSA) is 42.0 Å². The summed E-state index contributed by atoms with van der Waals surface area (Å²) >= 11 is 6.00. The second-order valence-electron chi connectivity index (χ2n) is 7.86. The van der Waals surface area contributed by atoms with Gasteiger partial charge < -0.3 is 5.32 Å². The maximum Gasteiger partial charge on any atom is 0.220 e. The van der Waals surface area contributed by atoms with Gasteiger partial charge in [-0.25, -0.2) is 0 Å². The van der Waals surface area contributed by atoms with E-state index in [0.717, 1.165) is 18.5 Å². The number of nitrogens with zero attached hydrogens (tertiary/aromatic N) is 1. The van der Waals surface area contributed by atoms with Gasteiger partial charge in [0.15, 0.2) is 0 Å². The van der Waals surface area contributed by atoms with Gasteiger partial charge in [0.2, 0.25) is 5.91 Å². The molecule has 0 aliphatic carbocycles. The van der Waals surface area contributed by atoms with Gasteiger partial charge in [-0.3, -0.25) is 9.78 Å². The van der Waals surface area contributed by atoms with Crippen molar-refractivity contribution >= 4 is 17.5 Å². The Labute approximate surface area is 154 Å². The summed E-state index contributed by atoms with van der Waals surface area (Å²) in [6.45, 7) is 6.65. The van der Waals surface area contributed by atoms with Crippen molar-refractivity contribution in [3.63, 3.8) is 0 Å². The minimum atomic E-state index is 0.131. The maximum absolute atomic E-state index is 11.6. The zero-order chi connectivity index (χ0) is 18.0. The number of aromatic nitrogens is 1. The number of rotatable bonds is 4. The van der Waals surface area contributed by atoms with Crippen LogP contribution < -0.4 is 5.32 Å². The molecule has 1 aliphatic heterocycles. The Bertz CT molecular complexity index is 732. The lowest BCUT2D eigenvalue weighted by molar-refractivity contribution is -0.119. The number of halogens is 1. The first-order valence-electron chi connectivity index (χ1n) is 8.84. The number of benzene rings is 1. The molecule has 1 saturated heterocycles. The van der Waals surface area contributed by atoms with Gasteiger partial charge in [-0.15, -0.1) is 0 Å². The third-order valence-corrected chi connectivity index (χ3v) is 5.12. The number of pyridine rings is 1. The van der Waals surface area contributed by atoms with Gasteiger partial charge in [0.05, 0.1) is 5.02 Å². The molecule has 25 heavy (non-hydrogen) atoms. The fourth-order valence-electron chi connectivity index (χ4n) is 3.38. The summed E-state index contributed by atoms with van der Waals surface area (Å²) in [4.78, 5) is 16.1. The Morgan fingerprint density at radius 3 is 2.44 bits per heavy atom. The normalized spacial score (nSPS) is 18.9. The standard InChI is InChI=1S/C21H25ClN2O/c1-21(2,3)15-6-4-14(5-7-15)18(12-17-9-11-20(25)24-17)19-10-8-16(22)13-23-19/h4-8,10,13,17-18H,9,11-12H2,1-3H3,(H,24,25)/t17-,18?/m1/s1. The third kappa shape index (κ3) is 4.40. The zero-order valence-electron chi connectivity index (χ0n) is 15.1. The summed E-state index contributed by atoms with van der Waals surface area (Å²) in [6, 6.07) is 12.9. The smallest absolute Gasteiger partial charge is 0.220 e. The molecule has 1 N–H and O–H groups in total. The SMILES string of the molecule is CC(C)(C)c1ccc(C(C[C@H]2CCC(=O)N2)c2ccc(Cl)cn2)cc1. The van der Waals surface area contributed by atoms with Crippen LogP contribution in [0.25, 0.3) is 0 Å². The summed E-state index contributed by atoms with van der Waals surface area (Å²) < 4.78 is 0. The summed E-state index contributed by atoms with van der Waals surface area (Å²) in [5, 5.41) is 3.72. The maximum atomic E-state index is 11.6. The van der Waals surface area contributed by atoms with E-state index in [-0.39, 0.29) is 23.3 Å². The van der Waals surface area contributed by atoms with Crippen molar-refractivity contribution in [2.24, 2.45) is 0 Å².